The van der Waals surface area contributed by atoms with Crippen molar-refractivity contribution in [2.75, 3.05) is 7.11 Å². The molecule has 0 aliphatic rings. The average molecular weight is 289 g/mol. The van der Waals surface area contributed by atoms with Gasteiger partial charge in [-0.15, -0.1) is 0 Å². The molecule has 3 nitrogen and oxygen atoms in total. The summed E-state index contributed by atoms with van der Waals surface area (Å²) in [5.74, 6) is -0.420. The van der Waals surface area contributed by atoms with Crippen molar-refractivity contribution in [2.24, 2.45) is 0 Å². The van der Waals surface area contributed by atoms with Gasteiger partial charge in [0.2, 0.25) is 0 Å². The van der Waals surface area contributed by atoms with E-state index < -0.39 is 22.0 Å². The summed E-state index contributed by atoms with van der Waals surface area (Å²) in [6.07, 6.45) is 2.36. The molecular formula is C13H17ClO3S. The Morgan fingerprint density at radius 3 is 2.50 bits per heavy atom. The van der Waals surface area contributed by atoms with Crippen molar-refractivity contribution in [3.05, 3.63) is 29.3 Å². The Balaban J connectivity index is 2.87. The number of hydrogen-bond donors (Lipinski definition) is 0. The summed E-state index contributed by atoms with van der Waals surface area (Å²) in [5.41, 5.74) is 0. The number of unbranched alkanes of at least 4 members (excludes halogenated alkanes) is 1. The maximum absolute atomic E-state index is 12.3. The van der Waals surface area contributed by atoms with Crippen LogP contribution in [0.2, 0.25) is 5.02 Å². The molecule has 0 saturated heterocycles. The van der Waals surface area contributed by atoms with Crippen LogP contribution in [0.15, 0.2) is 29.2 Å². The van der Waals surface area contributed by atoms with Gasteiger partial charge in [0.1, 0.15) is 5.25 Å². The third-order valence-electron chi connectivity index (χ3n) is 2.59. The fourth-order valence-electron chi connectivity index (χ4n) is 1.57. The smallest absolute Gasteiger partial charge is 0.321 e. The Morgan fingerprint density at radius 2 is 2.00 bits per heavy atom. The number of methoxy groups -OCH3 is 1. The molecule has 18 heavy (non-hydrogen) atoms. The topological polar surface area (TPSA) is 43.4 Å². The molecule has 0 spiro atoms. The number of benzene rings is 1. The number of ether oxygens (including phenoxy) is 1. The lowest BCUT2D eigenvalue weighted by atomic mass is 10.2. The van der Waals surface area contributed by atoms with Gasteiger partial charge in [-0.05, 0) is 30.7 Å². The largest absolute Gasteiger partial charge is 0.468 e. The van der Waals surface area contributed by atoms with E-state index in [-0.39, 0.29) is 0 Å². The fourth-order valence-corrected chi connectivity index (χ4v) is 3.08. The predicted octanol–water partition coefficient (Wildman–Crippen LogP) is 3.18. The molecule has 2 atom stereocenters. The van der Waals surface area contributed by atoms with Crippen molar-refractivity contribution >= 4 is 28.4 Å². The lowest BCUT2D eigenvalue weighted by Crippen LogP contribution is -2.27. The first kappa shape index (κ1) is 15.2. The van der Waals surface area contributed by atoms with E-state index >= 15 is 0 Å². The van der Waals surface area contributed by atoms with E-state index in [0.717, 1.165) is 12.8 Å². The van der Waals surface area contributed by atoms with E-state index in [1.807, 2.05) is 6.92 Å². The van der Waals surface area contributed by atoms with Gasteiger partial charge >= 0.3 is 5.97 Å². The van der Waals surface area contributed by atoms with E-state index in [1.165, 1.54) is 7.11 Å². The Hall–Kier alpha value is -0.870. The minimum Gasteiger partial charge on any atom is -0.468 e. The number of rotatable bonds is 6. The van der Waals surface area contributed by atoms with Crippen LogP contribution < -0.4 is 0 Å². The third-order valence-corrected chi connectivity index (χ3v) is 4.52. The summed E-state index contributed by atoms with van der Waals surface area (Å²) in [7, 11) is -0.0743. The first-order valence-corrected chi connectivity index (χ1v) is 7.43. The highest BCUT2D eigenvalue weighted by atomic mass is 35.5. The van der Waals surface area contributed by atoms with E-state index in [2.05, 4.69) is 0 Å². The zero-order valence-electron chi connectivity index (χ0n) is 10.5. The summed E-state index contributed by atoms with van der Waals surface area (Å²) in [5, 5.41) is -0.0185. The van der Waals surface area contributed by atoms with Crippen molar-refractivity contribution in [1.29, 1.82) is 0 Å². The summed E-state index contributed by atoms with van der Waals surface area (Å²) < 4.78 is 17.0. The second-order valence-corrected chi connectivity index (χ2v) is 5.98. The molecule has 0 heterocycles. The van der Waals surface area contributed by atoms with Crippen molar-refractivity contribution in [3.8, 4) is 0 Å². The number of carbonyl (C=O) groups excluding carboxylic acids is 1. The van der Waals surface area contributed by atoms with Gasteiger partial charge in [-0.25, -0.2) is 0 Å². The van der Waals surface area contributed by atoms with E-state index in [1.54, 1.807) is 24.3 Å². The van der Waals surface area contributed by atoms with Crippen LogP contribution in [0.1, 0.15) is 26.2 Å². The molecule has 0 fully saturated rings. The molecule has 1 aromatic rings. The third kappa shape index (κ3) is 4.10. The number of carbonyl (C=O) groups is 1. The quantitative estimate of drug-likeness (QED) is 0.755. The lowest BCUT2D eigenvalue weighted by molar-refractivity contribution is -0.140. The molecule has 0 radical (unpaired) electrons. The molecular weight excluding hydrogens is 272 g/mol. The van der Waals surface area contributed by atoms with Gasteiger partial charge in [0.05, 0.1) is 17.9 Å². The zero-order valence-corrected chi connectivity index (χ0v) is 12.1. The Labute approximate surface area is 115 Å². The molecule has 0 aliphatic heterocycles. The highest BCUT2D eigenvalue weighted by molar-refractivity contribution is 7.86. The zero-order chi connectivity index (χ0) is 13.5. The normalized spacial score (nSPS) is 13.9. The van der Waals surface area contributed by atoms with Gasteiger partial charge in [-0.1, -0.05) is 31.4 Å². The Kier molecular flexibility index (Phi) is 6.36. The van der Waals surface area contributed by atoms with Crippen LogP contribution in [0, 0.1) is 0 Å². The summed E-state index contributed by atoms with van der Waals surface area (Å²) in [4.78, 5) is 12.3. The average Bonchev–Trinajstić information content (AvgIpc) is 2.39. The van der Waals surface area contributed by atoms with Crippen LogP contribution >= 0.6 is 11.6 Å². The summed E-state index contributed by atoms with van der Waals surface area (Å²) in [6.45, 7) is 2.03. The van der Waals surface area contributed by atoms with Crippen LogP contribution in [0.25, 0.3) is 0 Å². The second-order valence-electron chi connectivity index (χ2n) is 3.91. The summed E-state index contributed by atoms with van der Waals surface area (Å²) in [6, 6.07) is 6.70. The molecule has 0 aliphatic carbocycles. The predicted molar refractivity (Wildman–Crippen MR) is 73.2 cm³/mol. The Morgan fingerprint density at radius 1 is 1.39 bits per heavy atom. The maximum Gasteiger partial charge on any atom is 0.321 e. The van der Waals surface area contributed by atoms with Crippen LogP contribution in [0.4, 0.5) is 0 Å². The molecule has 1 aromatic carbocycles. The van der Waals surface area contributed by atoms with Crippen LogP contribution in [0.3, 0.4) is 0 Å². The van der Waals surface area contributed by atoms with Gasteiger partial charge in [0, 0.05) is 9.92 Å². The van der Waals surface area contributed by atoms with Crippen LogP contribution in [0.5, 0.6) is 0 Å². The molecule has 1 rings (SSSR count). The van der Waals surface area contributed by atoms with Crippen molar-refractivity contribution < 1.29 is 13.7 Å². The van der Waals surface area contributed by atoms with E-state index in [4.69, 9.17) is 16.3 Å². The lowest BCUT2D eigenvalue weighted by Gasteiger charge is -2.14. The minimum absolute atomic E-state index is 0.420. The van der Waals surface area contributed by atoms with Crippen LogP contribution in [-0.4, -0.2) is 22.5 Å². The van der Waals surface area contributed by atoms with Gasteiger partial charge in [0.15, 0.2) is 0 Å². The monoisotopic (exact) mass is 288 g/mol. The molecule has 0 aromatic heterocycles. The molecule has 5 heteroatoms. The fraction of sp³-hybridized carbons (Fsp3) is 0.462. The molecule has 100 valence electrons. The van der Waals surface area contributed by atoms with Gasteiger partial charge in [-0.3, -0.25) is 9.00 Å². The second kappa shape index (κ2) is 7.54. The molecule has 0 saturated carbocycles. The molecule has 0 amide bonds. The highest BCUT2D eigenvalue weighted by Crippen LogP contribution is 2.19. The molecule has 0 bridgehead atoms. The minimum atomic E-state index is -1.39. The van der Waals surface area contributed by atoms with E-state index in [9.17, 15) is 9.00 Å². The van der Waals surface area contributed by atoms with Crippen molar-refractivity contribution in [1.82, 2.24) is 0 Å². The highest BCUT2D eigenvalue weighted by Gasteiger charge is 2.26. The SMILES string of the molecule is CCCCC(C(=O)OC)S(=O)c1ccc(Cl)cc1. The van der Waals surface area contributed by atoms with Crippen molar-refractivity contribution in [2.45, 2.75) is 36.3 Å². The number of hydrogen-bond acceptors (Lipinski definition) is 3. The first-order chi connectivity index (χ1) is 8.60. The van der Waals surface area contributed by atoms with Gasteiger partial charge in [0.25, 0.3) is 0 Å². The maximum atomic E-state index is 12.3. The van der Waals surface area contributed by atoms with E-state index in [0.29, 0.717) is 16.3 Å². The number of esters is 1. The molecule has 2 unspecified atom stereocenters. The van der Waals surface area contributed by atoms with Crippen LogP contribution in [-0.2, 0) is 20.3 Å². The van der Waals surface area contributed by atoms with Crippen molar-refractivity contribution in [3.63, 3.8) is 0 Å². The standard InChI is InChI=1S/C13H17ClO3S/c1-3-4-5-12(13(15)17-2)18(16)11-8-6-10(14)7-9-11/h6-9,12H,3-5H2,1-2H3. The first-order valence-electron chi connectivity index (χ1n) is 5.84. The summed E-state index contributed by atoms with van der Waals surface area (Å²) >= 11 is 5.78. The Bertz CT molecular complexity index is 417. The van der Waals surface area contributed by atoms with Gasteiger partial charge < -0.3 is 4.74 Å². The molecule has 0 N–H and O–H groups in total. The van der Waals surface area contributed by atoms with Gasteiger partial charge in [-0.2, -0.15) is 0 Å². The number of halogens is 1.